The zero-order chi connectivity index (χ0) is 21.8. The van der Waals surface area contributed by atoms with E-state index in [1.807, 2.05) is 47.5 Å². The minimum atomic E-state index is 0.0111. The van der Waals surface area contributed by atoms with Gasteiger partial charge in [0.25, 0.3) is 0 Å². The molecule has 4 rings (SSSR count). The zero-order valence-electron chi connectivity index (χ0n) is 17.0. The van der Waals surface area contributed by atoms with Gasteiger partial charge in [-0.15, -0.1) is 4.99 Å². The van der Waals surface area contributed by atoms with E-state index in [1.54, 1.807) is 17.1 Å². The van der Waals surface area contributed by atoms with Crippen LogP contribution in [0.3, 0.4) is 0 Å². The number of likely N-dealkylation sites (tertiary alicyclic amines) is 1. The standard InChI is InChI=1S/C22H22Cl2N6O/c1-2-26-20-13-30(28-21(20)15-3-5-16(23)6-4-15)22(27-14-25)29-11-19(12-29)31-18-9-7-17(24)8-10-18/h3-10,19-20,26H,2,11-13H2,1H3. The highest BCUT2D eigenvalue weighted by Crippen LogP contribution is 2.24. The predicted molar refractivity (Wildman–Crippen MR) is 123 cm³/mol. The second-order valence-electron chi connectivity index (χ2n) is 7.30. The topological polar surface area (TPSA) is 76.2 Å². The molecule has 1 saturated heterocycles. The monoisotopic (exact) mass is 456 g/mol. The van der Waals surface area contributed by atoms with Crippen LogP contribution < -0.4 is 10.1 Å². The predicted octanol–water partition coefficient (Wildman–Crippen LogP) is 3.59. The summed E-state index contributed by atoms with van der Waals surface area (Å²) in [5.41, 5.74) is 1.89. The van der Waals surface area contributed by atoms with Gasteiger partial charge in [0.2, 0.25) is 12.2 Å². The lowest BCUT2D eigenvalue weighted by atomic mass is 10.0. The van der Waals surface area contributed by atoms with Crippen LogP contribution in [0.5, 0.6) is 5.75 Å². The third-order valence-corrected chi connectivity index (χ3v) is 5.64. The third kappa shape index (κ3) is 4.93. The number of nitrogens with one attached hydrogen (secondary N) is 1. The van der Waals surface area contributed by atoms with Crippen molar-refractivity contribution in [3.8, 4) is 11.9 Å². The van der Waals surface area contributed by atoms with Gasteiger partial charge in [-0.05, 0) is 48.5 Å². The Labute approximate surface area is 191 Å². The maximum absolute atomic E-state index is 9.26. The van der Waals surface area contributed by atoms with E-state index < -0.39 is 0 Å². The number of benzene rings is 2. The van der Waals surface area contributed by atoms with E-state index in [2.05, 4.69) is 17.2 Å². The zero-order valence-corrected chi connectivity index (χ0v) is 18.5. The molecule has 1 fully saturated rings. The number of ether oxygens (including phenoxy) is 1. The fourth-order valence-corrected chi connectivity index (χ4v) is 3.88. The Bertz CT molecular complexity index is 1010. The van der Waals surface area contributed by atoms with Gasteiger partial charge < -0.3 is 15.0 Å². The molecular weight excluding hydrogens is 435 g/mol. The summed E-state index contributed by atoms with van der Waals surface area (Å²) in [6.07, 6.45) is 1.93. The first-order valence-electron chi connectivity index (χ1n) is 10.1. The minimum absolute atomic E-state index is 0.0111. The maximum Gasteiger partial charge on any atom is 0.233 e. The molecule has 1 N–H and O–H groups in total. The molecule has 0 amide bonds. The summed E-state index contributed by atoms with van der Waals surface area (Å²) in [6, 6.07) is 14.9. The number of aliphatic imine (C=N–C) groups is 1. The molecule has 2 aromatic carbocycles. The SMILES string of the molecule is CCNC1CN(C(=NC#N)N2CC(Oc3ccc(Cl)cc3)C2)N=C1c1ccc(Cl)cc1. The fourth-order valence-electron chi connectivity index (χ4n) is 3.63. The van der Waals surface area contributed by atoms with Crippen LogP contribution in [0.4, 0.5) is 0 Å². The number of guanidine groups is 1. The molecule has 2 aromatic rings. The van der Waals surface area contributed by atoms with Gasteiger partial charge in [0.1, 0.15) is 11.9 Å². The van der Waals surface area contributed by atoms with Crippen molar-refractivity contribution in [1.29, 1.82) is 5.26 Å². The van der Waals surface area contributed by atoms with Gasteiger partial charge in [-0.25, -0.2) is 5.01 Å². The van der Waals surface area contributed by atoms with E-state index in [4.69, 9.17) is 33.0 Å². The Kier molecular flexibility index (Phi) is 6.62. The second-order valence-corrected chi connectivity index (χ2v) is 8.17. The van der Waals surface area contributed by atoms with Crippen LogP contribution in [-0.4, -0.2) is 59.9 Å². The van der Waals surface area contributed by atoms with Crippen molar-refractivity contribution in [2.45, 2.75) is 19.1 Å². The van der Waals surface area contributed by atoms with Gasteiger partial charge in [0.15, 0.2) is 0 Å². The summed E-state index contributed by atoms with van der Waals surface area (Å²) in [5, 5.41) is 20.7. The van der Waals surface area contributed by atoms with E-state index in [0.717, 1.165) is 23.6 Å². The van der Waals surface area contributed by atoms with Crippen LogP contribution in [0.15, 0.2) is 58.6 Å². The quantitative estimate of drug-likeness (QED) is 0.422. The molecule has 31 heavy (non-hydrogen) atoms. The van der Waals surface area contributed by atoms with E-state index >= 15 is 0 Å². The number of halogens is 2. The Morgan fingerprint density at radius 3 is 2.39 bits per heavy atom. The molecule has 2 aliphatic rings. The van der Waals surface area contributed by atoms with Gasteiger partial charge in [-0.1, -0.05) is 42.3 Å². The van der Waals surface area contributed by atoms with Crippen molar-refractivity contribution in [2.75, 3.05) is 26.2 Å². The van der Waals surface area contributed by atoms with E-state index in [0.29, 0.717) is 35.6 Å². The normalized spacial score (nSPS) is 19.1. The highest BCUT2D eigenvalue weighted by Gasteiger charge is 2.37. The van der Waals surface area contributed by atoms with E-state index in [-0.39, 0.29) is 12.1 Å². The number of hydrogen-bond donors (Lipinski definition) is 1. The average molecular weight is 457 g/mol. The van der Waals surface area contributed by atoms with Gasteiger partial charge in [0.05, 0.1) is 31.4 Å². The molecule has 0 saturated carbocycles. The largest absolute Gasteiger partial charge is 0.487 e. The molecule has 160 valence electrons. The third-order valence-electron chi connectivity index (χ3n) is 5.13. The van der Waals surface area contributed by atoms with Crippen molar-refractivity contribution in [2.24, 2.45) is 10.1 Å². The second kappa shape index (κ2) is 9.56. The summed E-state index contributed by atoms with van der Waals surface area (Å²) in [5.74, 6) is 1.30. The van der Waals surface area contributed by atoms with Gasteiger partial charge in [0, 0.05) is 10.0 Å². The lowest BCUT2D eigenvalue weighted by Crippen LogP contribution is -2.59. The molecule has 0 bridgehead atoms. The minimum Gasteiger partial charge on any atom is -0.487 e. The molecule has 0 aromatic heterocycles. The maximum atomic E-state index is 9.26. The highest BCUT2D eigenvalue weighted by atomic mass is 35.5. The summed E-state index contributed by atoms with van der Waals surface area (Å²) in [4.78, 5) is 6.06. The summed E-state index contributed by atoms with van der Waals surface area (Å²) in [7, 11) is 0. The summed E-state index contributed by atoms with van der Waals surface area (Å²) < 4.78 is 5.97. The van der Waals surface area contributed by atoms with Crippen LogP contribution in [0.1, 0.15) is 12.5 Å². The molecule has 2 aliphatic heterocycles. The van der Waals surface area contributed by atoms with E-state index in [9.17, 15) is 5.26 Å². The molecule has 9 heteroatoms. The van der Waals surface area contributed by atoms with Gasteiger partial charge in [-0.3, -0.25) is 0 Å². The molecule has 7 nitrogen and oxygen atoms in total. The number of nitriles is 1. The van der Waals surface area contributed by atoms with Crippen molar-refractivity contribution in [3.63, 3.8) is 0 Å². The highest BCUT2D eigenvalue weighted by molar-refractivity contribution is 6.31. The van der Waals surface area contributed by atoms with E-state index in [1.165, 1.54) is 0 Å². The van der Waals surface area contributed by atoms with Crippen LogP contribution in [-0.2, 0) is 0 Å². The molecule has 0 radical (unpaired) electrons. The van der Waals surface area contributed by atoms with Crippen molar-refractivity contribution >= 4 is 34.9 Å². The molecule has 1 atom stereocenters. The molecule has 0 aliphatic carbocycles. The first-order valence-corrected chi connectivity index (χ1v) is 10.8. The van der Waals surface area contributed by atoms with Crippen molar-refractivity contribution in [1.82, 2.24) is 15.2 Å². The van der Waals surface area contributed by atoms with Gasteiger partial charge >= 0.3 is 0 Å². The lowest BCUT2D eigenvalue weighted by molar-refractivity contribution is 0.0587. The number of likely N-dealkylation sites (N-methyl/N-ethyl adjacent to an activating group) is 1. The summed E-state index contributed by atoms with van der Waals surface area (Å²) >= 11 is 12.0. The number of nitrogens with zero attached hydrogens (tertiary/aromatic N) is 5. The van der Waals surface area contributed by atoms with Gasteiger partial charge in [-0.2, -0.15) is 10.4 Å². The fraction of sp³-hybridized carbons (Fsp3) is 0.318. The lowest BCUT2D eigenvalue weighted by Gasteiger charge is -2.41. The number of hydrazone groups is 1. The number of rotatable bonds is 5. The van der Waals surface area contributed by atoms with Crippen LogP contribution >= 0.6 is 23.2 Å². The summed E-state index contributed by atoms with van der Waals surface area (Å²) in [6.45, 7) is 4.69. The molecule has 1 unspecified atom stereocenters. The van der Waals surface area contributed by atoms with Crippen LogP contribution in [0.25, 0.3) is 0 Å². The first-order chi connectivity index (χ1) is 15.1. The van der Waals surface area contributed by atoms with Crippen molar-refractivity contribution in [3.05, 3.63) is 64.1 Å². The molecule has 2 heterocycles. The number of hydrogen-bond acceptors (Lipinski definition) is 5. The Hall–Kier alpha value is -2.79. The molecular formula is C22H22Cl2N6O. The Morgan fingerprint density at radius 1 is 1.13 bits per heavy atom. The molecule has 0 spiro atoms. The smallest absolute Gasteiger partial charge is 0.233 e. The average Bonchev–Trinajstić information content (AvgIpc) is 3.15. The van der Waals surface area contributed by atoms with Crippen LogP contribution in [0, 0.1) is 11.5 Å². The van der Waals surface area contributed by atoms with Crippen LogP contribution in [0.2, 0.25) is 10.0 Å². The first kappa shape index (κ1) is 21.4. The van der Waals surface area contributed by atoms with Crippen molar-refractivity contribution < 1.29 is 4.74 Å². The Morgan fingerprint density at radius 2 is 1.77 bits per heavy atom. The Balaban J connectivity index is 1.47.